The monoisotopic (exact) mass is 425 g/mol. The number of thioether (sulfide) groups is 1. The quantitative estimate of drug-likeness (QED) is 0.180. The smallest absolute Gasteiger partial charge is 0.324 e. The summed E-state index contributed by atoms with van der Waals surface area (Å²) in [7, 11) is 1.63. The highest BCUT2D eigenvalue weighted by atomic mass is 32.2. The second kappa shape index (κ2) is 9.24. The predicted octanol–water partition coefficient (Wildman–Crippen LogP) is 4.23. The first kappa shape index (κ1) is 19.7. The van der Waals surface area contributed by atoms with Crippen molar-refractivity contribution < 1.29 is 19.2 Å². The van der Waals surface area contributed by atoms with Crippen LogP contribution in [0.1, 0.15) is 9.67 Å². The van der Waals surface area contributed by atoms with Crippen molar-refractivity contribution in [2.45, 2.75) is 4.34 Å². The molecule has 27 heavy (non-hydrogen) atoms. The molecule has 0 radical (unpaired) electrons. The fraction of sp³-hybridized carbons (Fsp3) is 0.250. The number of thiophene rings is 1. The Morgan fingerprint density at radius 1 is 1.30 bits per heavy atom. The van der Waals surface area contributed by atoms with Gasteiger partial charge >= 0.3 is 5.00 Å². The molecule has 2 heterocycles. The molecule has 0 aliphatic carbocycles. The number of hydrogen-bond donors (Lipinski definition) is 1. The fourth-order valence-corrected chi connectivity index (χ4v) is 4.64. The summed E-state index contributed by atoms with van der Waals surface area (Å²) in [5.41, 5.74) is 1.45. The average molecular weight is 426 g/mol. The molecule has 0 bridgehead atoms. The number of rotatable bonds is 9. The number of anilines is 1. The molecule has 8 nitrogen and oxygen atoms in total. The van der Waals surface area contributed by atoms with Crippen LogP contribution in [0.15, 0.2) is 34.7 Å². The lowest BCUT2D eigenvalue weighted by molar-refractivity contribution is -0.380. The number of hydrogen-bond acceptors (Lipinski definition) is 9. The summed E-state index contributed by atoms with van der Waals surface area (Å²) < 4.78 is 12.1. The number of ether oxygens (including phenoxy) is 2. The van der Waals surface area contributed by atoms with Crippen LogP contribution in [0.25, 0.3) is 10.2 Å². The molecule has 0 fully saturated rings. The number of fused-ring (bicyclic) bond motifs is 1. The molecule has 0 aliphatic heterocycles. The summed E-state index contributed by atoms with van der Waals surface area (Å²) >= 11 is 3.85. The summed E-state index contributed by atoms with van der Waals surface area (Å²) in [4.78, 5) is 27.3. The van der Waals surface area contributed by atoms with E-state index in [2.05, 4.69) is 10.3 Å². The van der Waals surface area contributed by atoms with Crippen molar-refractivity contribution in [2.75, 3.05) is 31.6 Å². The van der Waals surface area contributed by atoms with Gasteiger partial charge in [-0.3, -0.25) is 14.9 Å². The van der Waals surface area contributed by atoms with Crippen LogP contribution in [-0.2, 0) is 9.47 Å². The van der Waals surface area contributed by atoms with E-state index in [1.165, 1.54) is 35.2 Å². The summed E-state index contributed by atoms with van der Waals surface area (Å²) in [5, 5.41) is 13.4. The molecule has 142 valence electrons. The van der Waals surface area contributed by atoms with Gasteiger partial charge in [-0.15, -0.1) is 11.3 Å². The van der Waals surface area contributed by atoms with Crippen molar-refractivity contribution in [3.8, 4) is 0 Å². The van der Waals surface area contributed by atoms with E-state index in [9.17, 15) is 14.9 Å². The molecule has 0 saturated carbocycles. The van der Waals surface area contributed by atoms with E-state index in [0.717, 1.165) is 25.9 Å². The molecule has 1 amide bonds. The molecule has 1 aromatic carbocycles. The number of nitrogens with zero attached hydrogens (tertiary/aromatic N) is 2. The van der Waals surface area contributed by atoms with Gasteiger partial charge < -0.3 is 14.8 Å². The van der Waals surface area contributed by atoms with Crippen molar-refractivity contribution in [3.05, 3.63) is 45.3 Å². The summed E-state index contributed by atoms with van der Waals surface area (Å²) in [6, 6.07) is 8.19. The number of carbonyl (C=O) groups is 1. The van der Waals surface area contributed by atoms with Crippen LogP contribution in [0, 0.1) is 10.1 Å². The lowest BCUT2D eigenvalue weighted by Crippen LogP contribution is -2.09. The van der Waals surface area contributed by atoms with Crippen molar-refractivity contribution in [3.63, 3.8) is 0 Å². The van der Waals surface area contributed by atoms with Crippen molar-refractivity contribution in [2.24, 2.45) is 0 Å². The largest absolute Gasteiger partial charge is 0.382 e. The normalized spacial score (nSPS) is 11.0. The molecule has 0 saturated heterocycles. The number of amides is 1. The molecule has 0 unspecified atom stereocenters. The number of benzene rings is 1. The van der Waals surface area contributed by atoms with Gasteiger partial charge in [-0.1, -0.05) is 23.1 Å². The van der Waals surface area contributed by atoms with Gasteiger partial charge in [0, 0.05) is 18.9 Å². The van der Waals surface area contributed by atoms with Gasteiger partial charge in [0.2, 0.25) is 0 Å². The maximum absolute atomic E-state index is 12.3. The Hall–Kier alpha value is -2.05. The van der Waals surface area contributed by atoms with E-state index in [4.69, 9.17) is 9.47 Å². The van der Waals surface area contributed by atoms with Gasteiger partial charge in [-0.05, 0) is 24.3 Å². The molecule has 2 aromatic heterocycles. The standard InChI is InChI=1S/C16H15N3O5S3/c1-23-6-7-24-9-25-16-18-11-3-2-10(8-13(11)27-16)17-15(20)12-4-5-14(26-12)19(21)22/h2-5,8H,6-7,9H2,1H3,(H,17,20). The third-order valence-corrected chi connectivity index (χ3v) is 6.39. The number of thiazole rings is 1. The minimum absolute atomic E-state index is 0.0626. The van der Waals surface area contributed by atoms with Gasteiger partial charge in [0.25, 0.3) is 5.91 Å². The first-order chi connectivity index (χ1) is 13.1. The van der Waals surface area contributed by atoms with Crippen LogP contribution in [0.5, 0.6) is 0 Å². The second-order valence-corrected chi connectivity index (χ2v) is 8.44. The van der Waals surface area contributed by atoms with E-state index < -0.39 is 4.92 Å². The van der Waals surface area contributed by atoms with E-state index >= 15 is 0 Å². The average Bonchev–Trinajstić information content (AvgIpc) is 3.28. The lowest BCUT2D eigenvalue weighted by atomic mass is 10.3. The van der Waals surface area contributed by atoms with Crippen LogP contribution in [-0.4, -0.2) is 42.1 Å². The van der Waals surface area contributed by atoms with E-state index in [1.807, 2.05) is 12.1 Å². The van der Waals surface area contributed by atoms with Crippen molar-refractivity contribution >= 4 is 61.2 Å². The zero-order valence-corrected chi connectivity index (χ0v) is 16.6. The maximum atomic E-state index is 12.3. The van der Waals surface area contributed by atoms with Crippen LogP contribution in [0.2, 0.25) is 0 Å². The van der Waals surface area contributed by atoms with Crippen molar-refractivity contribution in [1.82, 2.24) is 4.98 Å². The highest BCUT2D eigenvalue weighted by Gasteiger charge is 2.15. The fourth-order valence-electron chi connectivity index (χ4n) is 2.08. The molecule has 0 spiro atoms. The molecule has 3 aromatic rings. The molecule has 1 N–H and O–H groups in total. The number of aromatic nitrogens is 1. The zero-order valence-electron chi connectivity index (χ0n) is 14.2. The number of methoxy groups -OCH3 is 1. The Bertz CT molecular complexity index is 956. The predicted molar refractivity (Wildman–Crippen MR) is 107 cm³/mol. The van der Waals surface area contributed by atoms with E-state index in [0.29, 0.717) is 24.8 Å². The molecule has 11 heteroatoms. The van der Waals surface area contributed by atoms with Crippen LogP contribution in [0.3, 0.4) is 0 Å². The van der Waals surface area contributed by atoms with Gasteiger partial charge in [0.1, 0.15) is 0 Å². The Labute approximate surface area is 166 Å². The molecular formula is C16H15N3O5S3. The number of nitrogens with one attached hydrogen (secondary N) is 1. The number of nitro groups is 1. The summed E-state index contributed by atoms with van der Waals surface area (Å²) in [6.45, 7) is 1.09. The summed E-state index contributed by atoms with van der Waals surface area (Å²) in [6.07, 6.45) is 0. The molecule has 0 atom stereocenters. The minimum atomic E-state index is -0.511. The Morgan fingerprint density at radius 3 is 2.89 bits per heavy atom. The Balaban J connectivity index is 1.63. The highest BCUT2D eigenvalue weighted by molar-refractivity contribution is 8.01. The summed E-state index contributed by atoms with van der Waals surface area (Å²) in [5.74, 6) is 0.113. The van der Waals surface area contributed by atoms with Crippen LogP contribution < -0.4 is 5.32 Å². The third-order valence-electron chi connectivity index (χ3n) is 3.32. The van der Waals surface area contributed by atoms with Gasteiger partial charge in [-0.2, -0.15) is 0 Å². The van der Waals surface area contributed by atoms with Crippen LogP contribution in [0.4, 0.5) is 10.7 Å². The first-order valence-electron chi connectivity index (χ1n) is 7.72. The van der Waals surface area contributed by atoms with Gasteiger partial charge in [-0.25, -0.2) is 4.98 Å². The highest BCUT2D eigenvalue weighted by Crippen LogP contribution is 2.32. The maximum Gasteiger partial charge on any atom is 0.324 e. The van der Waals surface area contributed by atoms with Gasteiger partial charge in [0.15, 0.2) is 4.34 Å². The van der Waals surface area contributed by atoms with Crippen molar-refractivity contribution in [1.29, 1.82) is 0 Å². The number of carbonyl (C=O) groups excluding carboxylic acids is 1. The first-order valence-corrected chi connectivity index (χ1v) is 10.3. The topological polar surface area (TPSA) is 104 Å². The second-order valence-electron chi connectivity index (χ2n) is 5.17. The third kappa shape index (κ3) is 5.23. The Morgan fingerprint density at radius 2 is 2.15 bits per heavy atom. The zero-order chi connectivity index (χ0) is 19.2. The van der Waals surface area contributed by atoms with E-state index in [-0.39, 0.29) is 15.8 Å². The SMILES string of the molecule is COCCOCSc1nc2ccc(NC(=O)c3ccc([N+](=O)[O-])s3)cc2s1. The Kier molecular flexibility index (Phi) is 6.74. The molecule has 0 aliphatic rings. The van der Waals surface area contributed by atoms with Gasteiger partial charge in [0.05, 0.1) is 39.2 Å². The minimum Gasteiger partial charge on any atom is -0.382 e. The molecular weight excluding hydrogens is 410 g/mol. The van der Waals surface area contributed by atoms with E-state index in [1.54, 1.807) is 13.2 Å². The lowest BCUT2D eigenvalue weighted by Gasteiger charge is -2.02. The molecule has 3 rings (SSSR count). The van der Waals surface area contributed by atoms with Crippen LogP contribution >= 0.6 is 34.4 Å².